The first-order valence-corrected chi connectivity index (χ1v) is 9.25. The van der Waals surface area contributed by atoms with Crippen molar-refractivity contribution in [2.24, 2.45) is 4.99 Å². The van der Waals surface area contributed by atoms with Crippen molar-refractivity contribution in [3.05, 3.63) is 65.2 Å². The maximum absolute atomic E-state index is 12.5. The highest BCUT2D eigenvalue weighted by Gasteiger charge is 2.10. The first-order valence-electron chi connectivity index (χ1n) is 9.25. The van der Waals surface area contributed by atoms with Gasteiger partial charge in [-0.3, -0.25) is 4.99 Å². The minimum Gasteiger partial charge on any atom is -0.434 e. The van der Waals surface area contributed by atoms with E-state index in [1.165, 1.54) is 6.07 Å². The topological polar surface area (TPSA) is 54.9 Å². The molecule has 2 aromatic rings. The highest BCUT2D eigenvalue weighted by atomic mass is 127. The van der Waals surface area contributed by atoms with Crippen molar-refractivity contribution < 1.29 is 18.3 Å². The van der Waals surface area contributed by atoms with Crippen molar-refractivity contribution in [3.63, 3.8) is 0 Å². The second kappa shape index (κ2) is 14.1. The fourth-order valence-electron chi connectivity index (χ4n) is 2.64. The van der Waals surface area contributed by atoms with Crippen molar-refractivity contribution in [2.45, 2.75) is 39.7 Å². The Morgan fingerprint density at radius 3 is 2.17 bits per heavy atom. The molecule has 0 heterocycles. The molecule has 0 unspecified atom stereocenters. The second-order valence-corrected chi connectivity index (χ2v) is 6.09. The average Bonchev–Trinajstić information content (AvgIpc) is 2.70. The molecule has 0 amide bonds. The van der Waals surface area contributed by atoms with Crippen LogP contribution in [0.2, 0.25) is 0 Å². The van der Waals surface area contributed by atoms with Crippen molar-refractivity contribution in [1.82, 2.24) is 10.6 Å². The van der Waals surface area contributed by atoms with Crippen LogP contribution in [0.5, 0.6) is 5.75 Å². The molecule has 0 aliphatic rings. The zero-order chi connectivity index (χ0) is 20.2. The SMILES string of the molecule is CCCOCc1ccccc1CNC(=NC)NCc1ccccc1OC(F)F.I. The van der Waals surface area contributed by atoms with Crippen LogP contribution in [0.15, 0.2) is 53.5 Å². The Morgan fingerprint density at radius 2 is 1.55 bits per heavy atom. The number of nitrogens with one attached hydrogen (secondary N) is 2. The van der Waals surface area contributed by atoms with Gasteiger partial charge >= 0.3 is 6.61 Å². The summed E-state index contributed by atoms with van der Waals surface area (Å²) in [6.45, 7) is 1.39. The Kier molecular flexibility index (Phi) is 12.2. The van der Waals surface area contributed by atoms with E-state index in [1.54, 1.807) is 25.2 Å². The minimum atomic E-state index is -2.86. The number of hydrogen-bond acceptors (Lipinski definition) is 3. The summed E-state index contributed by atoms with van der Waals surface area (Å²) >= 11 is 0. The number of guanidine groups is 1. The first kappa shape index (κ1) is 25.1. The molecule has 2 aromatic carbocycles. The van der Waals surface area contributed by atoms with Crippen LogP contribution in [0.1, 0.15) is 30.0 Å². The van der Waals surface area contributed by atoms with Gasteiger partial charge in [0.05, 0.1) is 6.61 Å². The molecule has 160 valence electrons. The molecule has 0 aliphatic carbocycles. The average molecular weight is 519 g/mol. The van der Waals surface area contributed by atoms with E-state index in [0.29, 0.717) is 31.2 Å². The predicted octanol–water partition coefficient (Wildman–Crippen LogP) is 4.70. The molecule has 8 heteroatoms. The van der Waals surface area contributed by atoms with Crippen LogP contribution in [0, 0.1) is 0 Å². The van der Waals surface area contributed by atoms with Crippen molar-refractivity contribution in [3.8, 4) is 5.75 Å². The van der Waals surface area contributed by atoms with Gasteiger partial charge in [0.1, 0.15) is 5.75 Å². The summed E-state index contributed by atoms with van der Waals surface area (Å²) in [6.07, 6.45) is 0.980. The lowest BCUT2D eigenvalue weighted by molar-refractivity contribution is -0.0504. The standard InChI is InChI=1S/C21H27F2N3O2.HI/c1-3-12-27-15-18-10-5-4-8-16(18)13-25-21(24-2)26-14-17-9-6-7-11-19(17)28-20(22)23;/h4-11,20H,3,12-15H2,1-2H3,(H2,24,25,26);1H. The molecule has 0 spiro atoms. The van der Waals surface area contributed by atoms with Gasteiger partial charge in [-0.15, -0.1) is 24.0 Å². The van der Waals surface area contributed by atoms with Crippen molar-refractivity contribution in [2.75, 3.05) is 13.7 Å². The van der Waals surface area contributed by atoms with E-state index in [-0.39, 0.29) is 29.7 Å². The van der Waals surface area contributed by atoms with Crippen LogP contribution < -0.4 is 15.4 Å². The predicted molar refractivity (Wildman–Crippen MR) is 122 cm³/mol. The molecule has 0 radical (unpaired) electrons. The van der Waals surface area contributed by atoms with E-state index in [9.17, 15) is 8.78 Å². The molecular weight excluding hydrogens is 491 g/mol. The molecule has 0 fully saturated rings. The molecule has 5 nitrogen and oxygen atoms in total. The van der Waals surface area contributed by atoms with Crippen LogP contribution >= 0.6 is 24.0 Å². The van der Waals surface area contributed by atoms with E-state index >= 15 is 0 Å². The maximum Gasteiger partial charge on any atom is 0.387 e. The van der Waals surface area contributed by atoms with E-state index < -0.39 is 6.61 Å². The molecule has 0 atom stereocenters. The first-order chi connectivity index (χ1) is 13.6. The van der Waals surface area contributed by atoms with Crippen LogP contribution in [0.25, 0.3) is 0 Å². The summed E-state index contributed by atoms with van der Waals surface area (Å²) in [6, 6.07) is 14.7. The van der Waals surface area contributed by atoms with Crippen LogP contribution in [0.4, 0.5) is 8.78 Å². The number of benzene rings is 2. The summed E-state index contributed by atoms with van der Waals surface area (Å²) in [5.41, 5.74) is 2.86. The number of halogens is 3. The molecule has 0 saturated carbocycles. The van der Waals surface area contributed by atoms with Gasteiger partial charge in [-0.1, -0.05) is 49.4 Å². The Bertz CT molecular complexity index is 760. The molecule has 0 aromatic heterocycles. The summed E-state index contributed by atoms with van der Waals surface area (Å²) in [4.78, 5) is 4.19. The molecule has 0 bridgehead atoms. The number of hydrogen-bond donors (Lipinski definition) is 2. The van der Waals surface area contributed by atoms with Gasteiger partial charge in [-0.05, 0) is 23.6 Å². The summed E-state index contributed by atoms with van der Waals surface area (Å²) in [5.74, 6) is 0.718. The molecule has 2 N–H and O–H groups in total. The van der Waals surface area contributed by atoms with Crippen LogP contribution in [-0.2, 0) is 24.4 Å². The van der Waals surface area contributed by atoms with Gasteiger partial charge < -0.3 is 20.1 Å². The molecular formula is C21H28F2IN3O2. The third-order valence-electron chi connectivity index (χ3n) is 4.03. The molecule has 29 heavy (non-hydrogen) atoms. The Labute approximate surface area is 187 Å². The zero-order valence-corrected chi connectivity index (χ0v) is 19.0. The Morgan fingerprint density at radius 1 is 0.966 bits per heavy atom. The van der Waals surface area contributed by atoms with Gasteiger partial charge in [0.15, 0.2) is 5.96 Å². The van der Waals surface area contributed by atoms with Gasteiger partial charge in [0.25, 0.3) is 0 Å². The van der Waals surface area contributed by atoms with Gasteiger partial charge in [0.2, 0.25) is 0 Å². The lowest BCUT2D eigenvalue weighted by Gasteiger charge is -2.16. The monoisotopic (exact) mass is 519 g/mol. The fourth-order valence-corrected chi connectivity index (χ4v) is 2.64. The van der Waals surface area contributed by atoms with Crippen molar-refractivity contribution in [1.29, 1.82) is 0 Å². The normalized spacial score (nSPS) is 11.1. The van der Waals surface area contributed by atoms with Gasteiger partial charge in [-0.2, -0.15) is 8.78 Å². The van der Waals surface area contributed by atoms with E-state index in [4.69, 9.17) is 4.74 Å². The third-order valence-corrected chi connectivity index (χ3v) is 4.03. The molecule has 0 aliphatic heterocycles. The second-order valence-electron chi connectivity index (χ2n) is 6.09. The highest BCUT2D eigenvalue weighted by molar-refractivity contribution is 14.0. The Hall–Kier alpha value is -1.94. The van der Waals surface area contributed by atoms with Crippen LogP contribution in [0.3, 0.4) is 0 Å². The van der Waals surface area contributed by atoms with E-state index in [0.717, 1.165) is 24.2 Å². The lowest BCUT2D eigenvalue weighted by atomic mass is 10.1. The number of alkyl halides is 2. The largest absolute Gasteiger partial charge is 0.434 e. The summed E-state index contributed by atoms with van der Waals surface area (Å²) < 4.78 is 35.3. The van der Waals surface area contributed by atoms with Gasteiger partial charge in [-0.25, -0.2) is 0 Å². The maximum atomic E-state index is 12.5. The van der Waals surface area contributed by atoms with Crippen molar-refractivity contribution >= 4 is 29.9 Å². The highest BCUT2D eigenvalue weighted by Crippen LogP contribution is 2.19. The number of nitrogens with zero attached hydrogens (tertiary/aromatic N) is 1. The third kappa shape index (κ3) is 8.95. The quantitative estimate of drug-likeness (QED) is 0.207. The number of para-hydroxylation sites is 1. The van der Waals surface area contributed by atoms with Gasteiger partial charge in [0, 0.05) is 32.3 Å². The summed E-state index contributed by atoms with van der Waals surface area (Å²) in [7, 11) is 1.66. The molecule has 0 saturated heterocycles. The zero-order valence-electron chi connectivity index (χ0n) is 16.7. The van der Waals surface area contributed by atoms with E-state index in [1.807, 2.05) is 24.3 Å². The Balaban J connectivity index is 0.00000420. The van der Waals surface area contributed by atoms with Crippen LogP contribution in [-0.4, -0.2) is 26.2 Å². The number of ether oxygens (including phenoxy) is 2. The minimum absolute atomic E-state index is 0. The smallest absolute Gasteiger partial charge is 0.387 e. The van der Waals surface area contributed by atoms with E-state index in [2.05, 4.69) is 27.3 Å². The number of rotatable bonds is 10. The lowest BCUT2D eigenvalue weighted by Crippen LogP contribution is -2.36. The number of aliphatic imine (C=N–C) groups is 1. The fraction of sp³-hybridized carbons (Fsp3) is 0.381. The molecule has 2 rings (SSSR count). The summed E-state index contributed by atoms with van der Waals surface area (Å²) in [5, 5.41) is 6.37.